The minimum Gasteiger partial charge on any atom is -0.464 e. The normalized spacial score (nSPS) is 15.3. The van der Waals surface area contributed by atoms with Crippen LogP contribution in [0.1, 0.15) is 11.5 Å². The van der Waals surface area contributed by atoms with E-state index >= 15 is 0 Å². The Kier molecular flexibility index (Phi) is 3.41. The topological polar surface area (TPSA) is 40.5 Å². The lowest BCUT2D eigenvalue weighted by Gasteiger charge is -2.18. The summed E-state index contributed by atoms with van der Waals surface area (Å²) in [5, 5.41) is 9.76. The van der Waals surface area contributed by atoms with Crippen molar-refractivity contribution in [2.75, 3.05) is 0 Å². The van der Waals surface area contributed by atoms with Crippen LogP contribution < -0.4 is 0 Å². The highest BCUT2D eigenvalue weighted by Gasteiger charge is 2.16. The molecule has 2 rings (SSSR count). The summed E-state index contributed by atoms with van der Waals surface area (Å²) in [7, 11) is 0. The first-order valence-electron chi connectivity index (χ1n) is 4.91. The van der Waals surface area contributed by atoms with Crippen LogP contribution in [0.5, 0.6) is 0 Å². The lowest BCUT2D eigenvalue weighted by atomic mass is 9.97. The number of hydrogen-bond donors (Lipinski definition) is 1. The number of allylic oxidation sites excluding steroid dienone is 2. The Balaban J connectivity index is 2.27. The third-order valence-electron chi connectivity index (χ3n) is 2.47. The second-order valence-electron chi connectivity index (χ2n) is 3.54. The molecule has 0 saturated heterocycles. The Morgan fingerprint density at radius 1 is 1.24 bits per heavy atom. The smallest absolute Gasteiger partial charge is 0.415 e. The predicted molar refractivity (Wildman–Crippen MR) is 67.3 cm³/mol. The molecule has 1 aliphatic rings. The summed E-state index contributed by atoms with van der Waals surface area (Å²) < 4.78 is 0. The molecule has 1 N–H and O–H groups in total. The lowest BCUT2D eigenvalue weighted by Crippen LogP contribution is -2.19. The number of benzene rings is 1. The van der Waals surface area contributed by atoms with Gasteiger partial charge in [-0.1, -0.05) is 47.5 Å². The molecule has 0 radical (unpaired) electrons. The number of rotatable bonds is 1. The van der Waals surface area contributed by atoms with Gasteiger partial charge in [0.05, 0.1) is 10.0 Å². The van der Waals surface area contributed by atoms with Crippen LogP contribution in [0.25, 0.3) is 0 Å². The van der Waals surface area contributed by atoms with Crippen LogP contribution in [0.15, 0.2) is 42.8 Å². The first-order chi connectivity index (χ1) is 8.09. The van der Waals surface area contributed by atoms with Gasteiger partial charge in [-0.15, -0.1) is 0 Å². The third kappa shape index (κ3) is 2.46. The van der Waals surface area contributed by atoms with Crippen molar-refractivity contribution < 1.29 is 9.90 Å². The fourth-order valence-electron chi connectivity index (χ4n) is 1.60. The number of carboxylic acid groups (broad SMARTS) is 1. The molecular formula is C12H9Cl2NO2. The van der Waals surface area contributed by atoms with E-state index in [1.165, 1.54) is 12.4 Å². The zero-order chi connectivity index (χ0) is 12.4. The molecule has 1 heterocycles. The third-order valence-corrected chi connectivity index (χ3v) is 3.30. The largest absolute Gasteiger partial charge is 0.464 e. The van der Waals surface area contributed by atoms with Crippen molar-refractivity contribution in [1.82, 2.24) is 4.90 Å². The highest BCUT2D eigenvalue weighted by atomic mass is 35.5. The predicted octanol–water partition coefficient (Wildman–Crippen LogP) is 4.10. The molecule has 88 valence electrons. The molecule has 3 nitrogen and oxygen atoms in total. The van der Waals surface area contributed by atoms with Crippen LogP contribution in [0.3, 0.4) is 0 Å². The van der Waals surface area contributed by atoms with Gasteiger partial charge in [0.25, 0.3) is 0 Å². The molecule has 0 bridgehead atoms. The van der Waals surface area contributed by atoms with Crippen molar-refractivity contribution >= 4 is 29.3 Å². The Morgan fingerprint density at radius 3 is 2.47 bits per heavy atom. The molecule has 0 unspecified atom stereocenters. The van der Waals surface area contributed by atoms with Gasteiger partial charge < -0.3 is 5.11 Å². The molecule has 0 spiro atoms. The number of nitrogens with zero attached hydrogens (tertiary/aromatic N) is 1. The van der Waals surface area contributed by atoms with Gasteiger partial charge >= 0.3 is 6.09 Å². The van der Waals surface area contributed by atoms with Crippen LogP contribution in [0, 0.1) is 0 Å². The Hall–Kier alpha value is -1.45. The maximum atomic E-state index is 10.7. The summed E-state index contributed by atoms with van der Waals surface area (Å²) in [6, 6.07) is 5.39. The molecule has 17 heavy (non-hydrogen) atoms. The number of amides is 1. The van der Waals surface area contributed by atoms with Gasteiger partial charge in [0.15, 0.2) is 0 Å². The minimum absolute atomic E-state index is 0.0585. The number of carbonyl (C=O) groups is 1. The fraction of sp³-hybridized carbons (Fsp3) is 0.0833. The Bertz CT molecular complexity index is 497. The van der Waals surface area contributed by atoms with Crippen LogP contribution in [-0.2, 0) is 0 Å². The van der Waals surface area contributed by atoms with Gasteiger partial charge in [0, 0.05) is 18.3 Å². The summed E-state index contributed by atoms with van der Waals surface area (Å²) in [5.41, 5.74) is 0.858. The van der Waals surface area contributed by atoms with Gasteiger partial charge in [0.2, 0.25) is 0 Å². The maximum absolute atomic E-state index is 10.7. The van der Waals surface area contributed by atoms with Crippen molar-refractivity contribution in [2.24, 2.45) is 0 Å². The zero-order valence-electron chi connectivity index (χ0n) is 8.68. The monoisotopic (exact) mass is 269 g/mol. The van der Waals surface area contributed by atoms with E-state index in [1.807, 2.05) is 12.1 Å². The summed E-state index contributed by atoms with van der Waals surface area (Å²) >= 11 is 12.0. The van der Waals surface area contributed by atoms with Crippen molar-refractivity contribution in [1.29, 1.82) is 0 Å². The van der Waals surface area contributed by atoms with Crippen LogP contribution in [-0.4, -0.2) is 16.1 Å². The van der Waals surface area contributed by atoms with Gasteiger partial charge in [0.1, 0.15) is 0 Å². The Labute approximate surface area is 109 Å². The number of hydrogen-bond acceptors (Lipinski definition) is 1. The summed E-state index contributed by atoms with van der Waals surface area (Å²) in [4.78, 5) is 11.8. The van der Waals surface area contributed by atoms with Crippen molar-refractivity contribution in [3.8, 4) is 0 Å². The lowest BCUT2D eigenvalue weighted by molar-refractivity contribution is 0.175. The van der Waals surface area contributed by atoms with Crippen LogP contribution in [0.4, 0.5) is 4.79 Å². The van der Waals surface area contributed by atoms with Crippen molar-refractivity contribution in [3.63, 3.8) is 0 Å². The number of halogens is 2. The van der Waals surface area contributed by atoms with E-state index in [-0.39, 0.29) is 5.92 Å². The molecule has 1 aliphatic heterocycles. The highest BCUT2D eigenvalue weighted by Crippen LogP contribution is 2.33. The second kappa shape index (κ2) is 4.82. The van der Waals surface area contributed by atoms with E-state index in [9.17, 15) is 4.79 Å². The SMILES string of the molecule is O=C(O)N1C=CC(c2cccc(Cl)c2Cl)C=C1. The quantitative estimate of drug-likeness (QED) is 0.834. The maximum Gasteiger partial charge on any atom is 0.415 e. The molecule has 1 aromatic rings. The van der Waals surface area contributed by atoms with Gasteiger partial charge in [-0.2, -0.15) is 0 Å². The van der Waals surface area contributed by atoms with E-state index in [0.717, 1.165) is 10.5 Å². The van der Waals surface area contributed by atoms with Gasteiger partial charge in [-0.25, -0.2) is 4.79 Å². The molecule has 0 aromatic heterocycles. The van der Waals surface area contributed by atoms with E-state index in [1.54, 1.807) is 18.2 Å². The fourth-order valence-corrected chi connectivity index (χ4v) is 2.03. The van der Waals surface area contributed by atoms with Crippen molar-refractivity contribution in [3.05, 3.63) is 58.4 Å². The minimum atomic E-state index is -1.02. The van der Waals surface area contributed by atoms with E-state index < -0.39 is 6.09 Å². The molecule has 1 amide bonds. The van der Waals surface area contributed by atoms with Crippen LogP contribution >= 0.6 is 23.2 Å². The second-order valence-corrected chi connectivity index (χ2v) is 4.33. The van der Waals surface area contributed by atoms with Gasteiger partial charge in [-0.05, 0) is 11.6 Å². The highest BCUT2D eigenvalue weighted by molar-refractivity contribution is 6.42. The molecule has 1 aromatic carbocycles. The molecule has 0 fully saturated rings. The first-order valence-corrected chi connectivity index (χ1v) is 5.67. The van der Waals surface area contributed by atoms with Crippen molar-refractivity contribution in [2.45, 2.75) is 5.92 Å². The average molecular weight is 270 g/mol. The first kappa shape index (κ1) is 12.0. The standard InChI is InChI=1S/C12H9Cl2NO2/c13-10-3-1-2-9(11(10)14)8-4-6-15(7-5-8)12(16)17/h1-8H,(H,16,17). The van der Waals surface area contributed by atoms with E-state index in [4.69, 9.17) is 28.3 Å². The van der Waals surface area contributed by atoms with E-state index in [2.05, 4.69) is 0 Å². The van der Waals surface area contributed by atoms with E-state index in [0.29, 0.717) is 10.0 Å². The molecule has 5 heteroatoms. The van der Waals surface area contributed by atoms with Gasteiger partial charge in [-0.3, -0.25) is 4.90 Å². The summed E-state index contributed by atoms with van der Waals surface area (Å²) in [6.45, 7) is 0. The summed E-state index contributed by atoms with van der Waals surface area (Å²) in [5.74, 6) is -0.0585. The summed E-state index contributed by atoms with van der Waals surface area (Å²) in [6.07, 6.45) is 5.47. The molecule has 0 atom stereocenters. The zero-order valence-corrected chi connectivity index (χ0v) is 10.2. The van der Waals surface area contributed by atoms with Crippen LogP contribution in [0.2, 0.25) is 10.0 Å². The Morgan fingerprint density at radius 2 is 1.88 bits per heavy atom. The molecular weight excluding hydrogens is 261 g/mol. The molecule has 0 aliphatic carbocycles. The average Bonchev–Trinajstić information content (AvgIpc) is 2.33. The molecule has 0 saturated carbocycles.